The molecular weight excluding hydrogens is 246 g/mol. The average Bonchev–Trinajstić information content (AvgIpc) is 2.71. The Morgan fingerprint density at radius 3 is 2.78 bits per heavy atom. The maximum absolute atomic E-state index is 11.7. The van der Waals surface area contributed by atoms with E-state index in [1.54, 1.807) is 12.5 Å². The average molecular weight is 263 g/mol. The van der Waals surface area contributed by atoms with Crippen molar-refractivity contribution in [2.75, 3.05) is 0 Å². The summed E-state index contributed by atoms with van der Waals surface area (Å²) in [7, 11) is 0. The standard InChI is InChI=1S/C14H17NO2S/c1-14(2,3)18(16)15-9-8-11-10-17-13-7-5-4-6-12(11)13/h4-7,9-10H,8H2,1-3H3. The Morgan fingerprint density at radius 1 is 1.33 bits per heavy atom. The van der Waals surface area contributed by atoms with Crippen molar-refractivity contribution < 1.29 is 8.97 Å². The molecule has 0 saturated heterocycles. The summed E-state index contributed by atoms with van der Waals surface area (Å²) in [5.74, 6) is 0. The van der Waals surface area contributed by atoms with Crippen molar-refractivity contribution in [3.63, 3.8) is 0 Å². The van der Waals surface area contributed by atoms with Crippen molar-refractivity contribution >= 4 is 28.5 Å². The minimum atomic E-state index is -1.19. The second-order valence-corrected chi connectivity index (χ2v) is 7.04. The molecule has 0 bridgehead atoms. The molecule has 0 radical (unpaired) electrons. The smallest absolute Gasteiger partial charge is 0.144 e. The SMILES string of the molecule is CC(C)(C)[S+]([O-])N=CCc1coc2ccccc12. The number of para-hydroxylation sites is 1. The fourth-order valence-corrected chi connectivity index (χ4v) is 2.08. The van der Waals surface area contributed by atoms with Gasteiger partial charge in [0.05, 0.1) is 12.5 Å². The molecule has 2 rings (SSSR count). The van der Waals surface area contributed by atoms with Crippen LogP contribution in [0.1, 0.15) is 26.3 Å². The molecule has 0 aliphatic heterocycles. The molecule has 1 aromatic carbocycles. The highest BCUT2D eigenvalue weighted by atomic mass is 32.2. The van der Waals surface area contributed by atoms with Gasteiger partial charge in [0.25, 0.3) is 0 Å². The summed E-state index contributed by atoms with van der Waals surface area (Å²) in [6.07, 6.45) is 4.08. The van der Waals surface area contributed by atoms with Gasteiger partial charge < -0.3 is 8.97 Å². The first-order valence-electron chi connectivity index (χ1n) is 5.88. The van der Waals surface area contributed by atoms with Gasteiger partial charge in [-0.3, -0.25) is 0 Å². The third kappa shape index (κ3) is 2.94. The van der Waals surface area contributed by atoms with Crippen molar-refractivity contribution in [3.05, 3.63) is 36.1 Å². The van der Waals surface area contributed by atoms with Gasteiger partial charge in [-0.15, -0.1) is 0 Å². The van der Waals surface area contributed by atoms with Crippen LogP contribution in [-0.4, -0.2) is 15.5 Å². The lowest BCUT2D eigenvalue weighted by atomic mass is 10.1. The van der Waals surface area contributed by atoms with E-state index in [1.807, 2.05) is 45.0 Å². The van der Waals surface area contributed by atoms with E-state index in [-0.39, 0.29) is 4.75 Å². The van der Waals surface area contributed by atoms with E-state index < -0.39 is 11.4 Å². The normalized spacial score (nSPS) is 14.4. The lowest BCUT2D eigenvalue weighted by Gasteiger charge is -2.17. The maximum atomic E-state index is 11.7. The highest BCUT2D eigenvalue weighted by molar-refractivity contribution is 7.91. The number of benzene rings is 1. The lowest BCUT2D eigenvalue weighted by Crippen LogP contribution is -2.25. The molecule has 1 atom stereocenters. The lowest BCUT2D eigenvalue weighted by molar-refractivity contribution is 0.561. The molecule has 1 unspecified atom stereocenters. The molecule has 2 aromatic rings. The molecular formula is C14H17NO2S. The maximum Gasteiger partial charge on any atom is 0.144 e. The fraction of sp³-hybridized carbons (Fsp3) is 0.357. The zero-order valence-electron chi connectivity index (χ0n) is 10.8. The summed E-state index contributed by atoms with van der Waals surface area (Å²) in [5, 5.41) is 1.09. The molecule has 0 spiro atoms. The second-order valence-electron chi connectivity index (χ2n) is 5.11. The van der Waals surface area contributed by atoms with Gasteiger partial charge in [0.2, 0.25) is 0 Å². The minimum Gasteiger partial charge on any atom is -0.591 e. The molecule has 4 heteroatoms. The topological polar surface area (TPSA) is 48.6 Å². The van der Waals surface area contributed by atoms with Gasteiger partial charge in [0.15, 0.2) is 0 Å². The first kappa shape index (κ1) is 13.2. The van der Waals surface area contributed by atoms with Crippen LogP contribution in [-0.2, 0) is 17.8 Å². The minimum absolute atomic E-state index is 0.311. The van der Waals surface area contributed by atoms with Gasteiger partial charge in [-0.25, -0.2) is 0 Å². The number of rotatable bonds is 3. The van der Waals surface area contributed by atoms with E-state index in [1.165, 1.54) is 0 Å². The van der Waals surface area contributed by atoms with Crippen LogP contribution in [0.15, 0.2) is 39.3 Å². The van der Waals surface area contributed by atoms with E-state index in [0.29, 0.717) is 6.42 Å². The van der Waals surface area contributed by atoms with Crippen LogP contribution in [0.2, 0.25) is 0 Å². The van der Waals surface area contributed by atoms with Crippen LogP contribution < -0.4 is 0 Å². The predicted octanol–water partition coefficient (Wildman–Crippen LogP) is 3.51. The molecule has 0 amide bonds. The third-order valence-corrected chi connectivity index (χ3v) is 3.95. The van der Waals surface area contributed by atoms with E-state index in [4.69, 9.17) is 4.42 Å². The number of furan rings is 1. The van der Waals surface area contributed by atoms with Crippen LogP contribution in [0.25, 0.3) is 11.0 Å². The van der Waals surface area contributed by atoms with E-state index in [2.05, 4.69) is 4.40 Å². The Kier molecular flexibility index (Phi) is 3.78. The first-order valence-corrected chi connectivity index (χ1v) is 6.99. The van der Waals surface area contributed by atoms with Gasteiger partial charge >= 0.3 is 0 Å². The van der Waals surface area contributed by atoms with E-state index in [9.17, 15) is 4.55 Å². The summed E-state index contributed by atoms with van der Waals surface area (Å²) in [6, 6.07) is 7.87. The largest absolute Gasteiger partial charge is 0.591 e. The number of nitrogens with zero attached hydrogens (tertiary/aromatic N) is 1. The Labute approximate surface area is 110 Å². The Bertz CT molecular complexity index is 554. The predicted molar refractivity (Wildman–Crippen MR) is 76.3 cm³/mol. The quantitative estimate of drug-likeness (QED) is 0.628. The van der Waals surface area contributed by atoms with E-state index >= 15 is 0 Å². The Morgan fingerprint density at radius 2 is 2.06 bits per heavy atom. The number of fused-ring (bicyclic) bond motifs is 1. The highest BCUT2D eigenvalue weighted by Crippen LogP contribution is 2.21. The van der Waals surface area contributed by atoms with Crippen molar-refractivity contribution in [1.29, 1.82) is 0 Å². The Balaban J connectivity index is 2.09. The van der Waals surface area contributed by atoms with Crippen LogP contribution in [0.4, 0.5) is 0 Å². The van der Waals surface area contributed by atoms with Crippen LogP contribution in [0, 0.1) is 0 Å². The zero-order chi connectivity index (χ0) is 13.2. The molecule has 96 valence electrons. The molecule has 0 aliphatic carbocycles. The fourth-order valence-electron chi connectivity index (χ4n) is 1.55. The van der Waals surface area contributed by atoms with Gasteiger partial charge in [-0.05, 0) is 26.8 Å². The van der Waals surface area contributed by atoms with Crippen molar-refractivity contribution in [2.24, 2.45) is 4.40 Å². The monoisotopic (exact) mass is 263 g/mol. The van der Waals surface area contributed by atoms with Gasteiger partial charge in [-0.1, -0.05) is 22.6 Å². The number of hydrogen-bond donors (Lipinski definition) is 0. The van der Waals surface area contributed by atoms with Crippen LogP contribution in [0.5, 0.6) is 0 Å². The van der Waals surface area contributed by atoms with Crippen molar-refractivity contribution in [3.8, 4) is 0 Å². The highest BCUT2D eigenvalue weighted by Gasteiger charge is 2.25. The summed E-state index contributed by atoms with van der Waals surface area (Å²) >= 11 is -1.19. The molecule has 0 aliphatic rings. The molecule has 0 saturated carbocycles. The molecule has 3 nitrogen and oxygen atoms in total. The molecule has 1 aromatic heterocycles. The number of hydrogen-bond acceptors (Lipinski definition) is 3. The van der Waals surface area contributed by atoms with Crippen molar-refractivity contribution in [1.82, 2.24) is 0 Å². The Hall–Kier alpha value is -1.26. The second kappa shape index (κ2) is 5.16. The third-order valence-electron chi connectivity index (χ3n) is 2.57. The first-order chi connectivity index (χ1) is 8.48. The molecule has 18 heavy (non-hydrogen) atoms. The van der Waals surface area contributed by atoms with Gasteiger partial charge in [0, 0.05) is 17.4 Å². The van der Waals surface area contributed by atoms with Crippen LogP contribution >= 0.6 is 0 Å². The molecule has 0 N–H and O–H groups in total. The van der Waals surface area contributed by atoms with E-state index in [0.717, 1.165) is 16.5 Å². The summed E-state index contributed by atoms with van der Waals surface area (Å²) in [4.78, 5) is 0. The van der Waals surface area contributed by atoms with Crippen molar-refractivity contribution in [2.45, 2.75) is 31.9 Å². The van der Waals surface area contributed by atoms with Gasteiger partial charge in [0.1, 0.15) is 21.7 Å². The van der Waals surface area contributed by atoms with Crippen LogP contribution in [0.3, 0.4) is 0 Å². The summed E-state index contributed by atoms with van der Waals surface area (Å²) < 4.78 is 21.0. The molecule has 0 fully saturated rings. The zero-order valence-corrected chi connectivity index (χ0v) is 11.7. The summed E-state index contributed by atoms with van der Waals surface area (Å²) in [5.41, 5.74) is 1.94. The van der Waals surface area contributed by atoms with Gasteiger partial charge in [-0.2, -0.15) is 0 Å². The molecule has 1 heterocycles. The summed E-state index contributed by atoms with van der Waals surface area (Å²) in [6.45, 7) is 5.73.